The quantitative estimate of drug-likeness (QED) is 0.121. The molecule has 0 aliphatic rings. The summed E-state index contributed by atoms with van der Waals surface area (Å²) in [6, 6.07) is 35.4. The summed E-state index contributed by atoms with van der Waals surface area (Å²) < 4.78 is 175. The van der Waals surface area contributed by atoms with E-state index in [0.29, 0.717) is 61.4 Å². The first-order chi connectivity index (χ1) is 32.6. The molecular weight excluding hydrogens is 919 g/mol. The van der Waals surface area contributed by atoms with Crippen LogP contribution in [0.3, 0.4) is 0 Å². The van der Waals surface area contributed by atoms with Crippen molar-refractivity contribution in [2.24, 2.45) is 0 Å². The Labute approximate surface area is 383 Å². The van der Waals surface area contributed by atoms with E-state index in [1.54, 1.807) is 81.9 Å². The molecule has 0 N–H and O–H groups in total. The van der Waals surface area contributed by atoms with Gasteiger partial charge in [-0.1, -0.05) is 91.0 Å². The molecule has 3 nitrogen and oxygen atoms in total. The highest BCUT2D eigenvalue weighted by Crippen LogP contribution is 2.49. The molecule has 8 aromatic carbocycles. The van der Waals surface area contributed by atoms with Gasteiger partial charge >= 0.3 is 24.7 Å². The summed E-state index contributed by atoms with van der Waals surface area (Å²) in [6.45, 7) is 10.4. The highest BCUT2D eigenvalue weighted by atomic mass is 19.4. The third-order valence-electron chi connectivity index (χ3n) is 12.2. The second kappa shape index (κ2) is 15.8. The van der Waals surface area contributed by atoms with Crippen LogP contribution in [-0.2, 0) is 24.7 Å². The van der Waals surface area contributed by atoms with Crippen molar-refractivity contribution in [3.05, 3.63) is 197 Å². The maximum atomic E-state index is 15.0. The molecule has 344 valence electrons. The van der Waals surface area contributed by atoms with Crippen LogP contribution in [-0.4, -0.2) is 9.13 Å². The lowest BCUT2D eigenvalue weighted by molar-refractivity contribution is -0.143. The van der Waals surface area contributed by atoms with Crippen molar-refractivity contribution in [1.29, 1.82) is 0 Å². The number of alkyl halides is 12. The predicted molar refractivity (Wildman–Crippen MR) is 242 cm³/mol. The molecule has 10 rings (SSSR count). The third kappa shape index (κ3) is 7.69. The number of para-hydroxylation sites is 2. The molecular formula is C54H29F12N3. The van der Waals surface area contributed by atoms with Crippen LogP contribution in [0.15, 0.2) is 158 Å². The molecule has 0 unspecified atom stereocenters. The number of aromatic nitrogens is 2. The summed E-state index contributed by atoms with van der Waals surface area (Å²) in [4.78, 5) is 4.03. The number of aryl methyl sites for hydroxylation is 1. The van der Waals surface area contributed by atoms with Gasteiger partial charge in [0.15, 0.2) is 0 Å². The van der Waals surface area contributed by atoms with E-state index in [0.717, 1.165) is 18.2 Å². The molecule has 10 aromatic rings. The standard InChI is InChI=1S/C54H29F12N3/c1-29-21-32(23-34(22-29)51(55,56)57)30-15-18-41-39-11-5-8-14-45(39)69(48(41)27-30)50-42(37-9-3-6-12-43(37)54(64,65)66)19-20-46(49(50)67-2)68-44-13-7-4-10-38(44)40-17-16-31(26-47(40)68)33-24-35(52(58,59)60)28-36(25-33)53(61,62)63/h3-28H,1H3. The van der Waals surface area contributed by atoms with E-state index in [2.05, 4.69) is 4.85 Å². The van der Waals surface area contributed by atoms with Gasteiger partial charge in [-0.25, -0.2) is 4.85 Å². The Hall–Kier alpha value is -7.99. The number of hydrogen-bond donors (Lipinski definition) is 0. The first kappa shape index (κ1) is 44.8. The third-order valence-corrected chi connectivity index (χ3v) is 12.2. The summed E-state index contributed by atoms with van der Waals surface area (Å²) >= 11 is 0. The Morgan fingerprint density at radius 3 is 1.39 bits per heavy atom. The molecule has 15 heteroatoms. The van der Waals surface area contributed by atoms with Crippen molar-refractivity contribution >= 4 is 49.3 Å². The van der Waals surface area contributed by atoms with Crippen LogP contribution in [0.1, 0.15) is 27.8 Å². The molecule has 2 heterocycles. The molecule has 0 radical (unpaired) electrons. The van der Waals surface area contributed by atoms with Gasteiger partial charge in [0.05, 0.1) is 62.3 Å². The van der Waals surface area contributed by atoms with Gasteiger partial charge in [-0.3, -0.25) is 0 Å². The van der Waals surface area contributed by atoms with Crippen LogP contribution >= 0.6 is 0 Å². The maximum absolute atomic E-state index is 15.0. The van der Waals surface area contributed by atoms with Crippen molar-refractivity contribution in [3.63, 3.8) is 0 Å². The van der Waals surface area contributed by atoms with Crippen LogP contribution in [0.25, 0.3) is 93.2 Å². The van der Waals surface area contributed by atoms with Gasteiger partial charge in [0.1, 0.15) is 0 Å². The van der Waals surface area contributed by atoms with Crippen LogP contribution in [0.5, 0.6) is 0 Å². The van der Waals surface area contributed by atoms with Gasteiger partial charge in [0, 0.05) is 21.5 Å². The molecule has 0 amide bonds. The topological polar surface area (TPSA) is 14.2 Å². The van der Waals surface area contributed by atoms with E-state index < -0.39 is 52.5 Å². The van der Waals surface area contributed by atoms with Gasteiger partial charge in [0.25, 0.3) is 0 Å². The Balaban J connectivity index is 1.33. The fourth-order valence-corrected chi connectivity index (χ4v) is 9.30. The zero-order valence-corrected chi connectivity index (χ0v) is 35.4. The smallest absolute Gasteiger partial charge is 0.319 e. The van der Waals surface area contributed by atoms with Crippen LogP contribution < -0.4 is 0 Å². The summed E-state index contributed by atoms with van der Waals surface area (Å²) in [5.74, 6) is 0. The van der Waals surface area contributed by atoms with Crippen molar-refractivity contribution in [2.75, 3.05) is 0 Å². The van der Waals surface area contributed by atoms with Crippen molar-refractivity contribution in [3.8, 4) is 44.8 Å². The van der Waals surface area contributed by atoms with Gasteiger partial charge in [-0.15, -0.1) is 0 Å². The molecule has 2 aromatic heterocycles. The minimum atomic E-state index is -5.14. The fraction of sp³-hybridized carbons (Fsp3) is 0.0926. The number of nitrogens with zero attached hydrogens (tertiary/aromatic N) is 3. The molecule has 0 bridgehead atoms. The Bertz CT molecular complexity index is 3730. The first-order valence-electron chi connectivity index (χ1n) is 20.9. The lowest BCUT2D eigenvalue weighted by Gasteiger charge is -2.22. The van der Waals surface area contributed by atoms with E-state index in [1.165, 1.54) is 55.5 Å². The fourth-order valence-electron chi connectivity index (χ4n) is 9.30. The Morgan fingerprint density at radius 1 is 0.391 bits per heavy atom. The zero-order valence-electron chi connectivity index (χ0n) is 35.4. The number of rotatable bonds is 5. The Morgan fingerprint density at radius 2 is 0.855 bits per heavy atom. The first-order valence-corrected chi connectivity index (χ1v) is 20.9. The lowest BCUT2D eigenvalue weighted by atomic mass is 9.95. The summed E-state index contributed by atoms with van der Waals surface area (Å²) in [6.07, 6.45) is -19.8. The van der Waals surface area contributed by atoms with Crippen molar-refractivity contribution in [1.82, 2.24) is 9.13 Å². The largest absolute Gasteiger partial charge is 0.417 e. The zero-order chi connectivity index (χ0) is 48.9. The monoisotopic (exact) mass is 947 g/mol. The molecule has 0 aliphatic heterocycles. The second-order valence-corrected chi connectivity index (χ2v) is 16.5. The van der Waals surface area contributed by atoms with Crippen LogP contribution in [0.4, 0.5) is 58.4 Å². The summed E-state index contributed by atoms with van der Waals surface area (Å²) in [5, 5.41) is 2.20. The van der Waals surface area contributed by atoms with Gasteiger partial charge in [0.2, 0.25) is 5.69 Å². The average Bonchev–Trinajstić information content (AvgIpc) is 3.81. The molecule has 0 saturated heterocycles. The molecule has 0 spiro atoms. The number of halogens is 12. The van der Waals surface area contributed by atoms with Crippen molar-refractivity contribution in [2.45, 2.75) is 31.6 Å². The highest BCUT2D eigenvalue weighted by Gasteiger charge is 2.38. The van der Waals surface area contributed by atoms with Gasteiger partial charge in [-0.05, 0) is 113 Å². The minimum absolute atomic E-state index is 0.0271. The molecule has 0 atom stereocenters. The van der Waals surface area contributed by atoms with E-state index >= 15 is 13.2 Å². The van der Waals surface area contributed by atoms with E-state index in [-0.39, 0.29) is 50.9 Å². The van der Waals surface area contributed by atoms with E-state index in [9.17, 15) is 39.5 Å². The predicted octanol–water partition coefficient (Wildman–Crippen LogP) is 17.8. The lowest BCUT2D eigenvalue weighted by Crippen LogP contribution is -2.11. The maximum Gasteiger partial charge on any atom is 0.417 e. The average molecular weight is 948 g/mol. The van der Waals surface area contributed by atoms with E-state index in [4.69, 9.17) is 6.57 Å². The Kier molecular flexibility index (Phi) is 10.3. The van der Waals surface area contributed by atoms with Crippen LogP contribution in [0.2, 0.25) is 0 Å². The molecule has 0 fully saturated rings. The van der Waals surface area contributed by atoms with E-state index in [1.807, 2.05) is 0 Å². The SMILES string of the molecule is [C-]#[N+]c1c(-n2c3ccccc3c3ccc(-c4cc(C(F)(F)F)cc(C(F)(F)F)c4)cc32)ccc(-c2ccccc2C(F)(F)F)c1-n1c2ccccc2c2ccc(-c3cc(C)cc(C(F)(F)F)c3)cc21. The van der Waals surface area contributed by atoms with Crippen molar-refractivity contribution < 1.29 is 52.7 Å². The van der Waals surface area contributed by atoms with Crippen LogP contribution in [0, 0.1) is 13.5 Å². The number of hydrogen-bond acceptors (Lipinski definition) is 0. The number of benzene rings is 8. The second-order valence-electron chi connectivity index (χ2n) is 16.5. The molecule has 0 saturated carbocycles. The molecule has 69 heavy (non-hydrogen) atoms. The highest BCUT2D eigenvalue weighted by molar-refractivity contribution is 6.13. The molecule has 0 aliphatic carbocycles. The van der Waals surface area contributed by atoms with Gasteiger partial charge < -0.3 is 9.13 Å². The normalized spacial score (nSPS) is 12.7. The number of fused-ring (bicyclic) bond motifs is 6. The summed E-state index contributed by atoms with van der Waals surface area (Å²) in [5.41, 5.74) is -3.67. The summed E-state index contributed by atoms with van der Waals surface area (Å²) in [7, 11) is 0. The minimum Gasteiger partial charge on any atom is -0.319 e. The van der Waals surface area contributed by atoms with Gasteiger partial charge in [-0.2, -0.15) is 52.7 Å².